The summed E-state index contributed by atoms with van der Waals surface area (Å²) in [5.41, 5.74) is 1.97. The minimum Gasteiger partial charge on any atom is -0.494 e. The topological polar surface area (TPSA) is 94.2 Å². The minimum atomic E-state index is -3.80. The fourth-order valence-corrected chi connectivity index (χ4v) is 5.58. The van der Waals surface area contributed by atoms with Gasteiger partial charge in [-0.3, -0.25) is 4.79 Å². The van der Waals surface area contributed by atoms with E-state index in [1.54, 1.807) is 12.1 Å². The molecule has 0 spiro atoms. The minimum absolute atomic E-state index is 0.00413. The predicted molar refractivity (Wildman–Crippen MR) is 119 cm³/mol. The fraction of sp³-hybridized carbons (Fsp3) is 0.435. The van der Waals surface area contributed by atoms with Crippen molar-refractivity contribution in [3.63, 3.8) is 0 Å². The van der Waals surface area contributed by atoms with Crippen LogP contribution in [0.2, 0.25) is 0 Å². The molecule has 1 fully saturated rings. The summed E-state index contributed by atoms with van der Waals surface area (Å²) in [6, 6.07) is 10.1. The van der Waals surface area contributed by atoms with Crippen LogP contribution < -0.4 is 14.8 Å². The largest absolute Gasteiger partial charge is 0.494 e. The third-order valence-corrected chi connectivity index (χ3v) is 7.49. The molecule has 4 rings (SSSR count). The van der Waals surface area contributed by atoms with Crippen LogP contribution in [-0.4, -0.2) is 57.6 Å². The van der Waals surface area contributed by atoms with Crippen molar-refractivity contribution in [2.75, 3.05) is 32.9 Å². The van der Waals surface area contributed by atoms with E-state index >= 15 is 0 Å². The highest BCUT2D eigenvalue weighted by Crippen LogP contribution is 2.35. The molecule has 172 valence electrons. The molecule has 2 aromatic carbocycles. The van der Waals surface area contributed by atoms with Gasteiger partial charge in [-0.2, -0.15) is 4.31 Å². The Morgan fingerprint density at radius 2 is 1.97 bits per heavy atom. The summed E-state index contributed by atoms with van der Waals surface area (Å²) in [7, 11) is -3.80. The third kappa shape index (κ3) is 4.60. The van der Waals surface area contributed by atoms with Gasteiger partial charge >= 0.3 is 0 Å². The first-order chi connectivity index (χ1) is 15.4. The van der Waals surface area contributed by atoms with Gasteiger partial charge in [-0.1, -0.05) is 12.1 Å². The van der Waals surface area contributed by atoms with Crippen LogP contribution in [0.5, 0.6) is 11.5 Å². The van der Waals surface area contributed by atoms with Gasteiger partial charge in [0.1, 0.15) is 17.6 Å². The van der Waals surface area contributed by atoms with Gasteiger partial charge in [0.2, 0.25) is 10.0 Å². The summed E-state index contributed by atoms with van der Waals surface area (Å²) in [5.74, 6) is 1.02. The number of benzene rings is 2. The van der Waals surface area contributed by atoms with Crippen LogP contribution in [-0.2, 0) is 27.7 Å². The smallest absolute Gasteiger partial charge is 0.252 e. The molecule has 32 heavy (non-hydrogen) atoms. The Labute approximate surface area is 188 Å². The standard InChI is InChI=1S/C23H28N2O6S/c1-3-30-20-13-17-12-16(2)31-21(17)14-18(20)15-24-23(26)19-6-4-5-7-22(19)32(27,28)25-8-10-29-11-9-25/h4-7,13-14,16H,3,8-12,15H2,1-2H3,(H,24,26). The van der Waals surface area contributed by atoms with Crippen molar-refractivity contribution >= 4 is 15.9 Å². The number of nitrogens with zero attached hydrogens (tertiary/aromatic N) is 1. The van der Waals surface area contributed by atoms with Crippen molar-refractivity contribution in [3.8, 4) is 11.5 Å². The molecule has 0 aliphatic carbocycles. The maximum absolute atomic E-state index is 13.1. The van der Waals surface area contributed by atoms with Crippen LogP contribution in [0.15, 0.2) is 41.3 Å². The maximum atomic E-state index is 13.1. The van der Waals surface area contributed by atoms with E-state index < -0.39 is 15.9 Å². The first kappa shape index (κ1) is 22.6. The summed E-state index contributed by atoms with van der Waals surface area (Å²) in [5, 5.41) is 2.85. The molecule has 0 saturated carbocycles. The van der Waals surface area contributed by atoms with Gasteiger partial charge in [0.15, 0.2) is 0 Å². The van der Waals surface area contributed by atoms with Crippen molar-refractivity contribution in [2.45, 2.75) is 37.8 Å². The van der Waals surface area contributed by atoms with Crippen molar-refractivity contribution in [1.29, 1.82) is 0 Å². The number of amides is 1. The van der Waals surface area contributed by atoms with E-state index in [-0.39, 0.29) is 36.2 Å². The van der Waals surface area contributed by atoms with Gasteiger partial charge in [-0.15, -0.1) is 0 Å². The van der Waals surface area contributed by atoms with E-state index in [2.05, 4.69) is 5.32 Å². The van der Waals surface area contributed by atoms with Crippen LogP contribution in [0.1, 0.15) is 35.3 Å². The zero-order valence-corrected chi connectivity index (χ0v) is 19.1. The van der Waals surface area contributed by atoms with Gasteiger partial charge in [0.25, 0.3) is 5.91 Å². The van der Waals surface area contributed by atoms with Crippen molar-refractivity contribution < 1.29 is 27.4 Å². The van der Waals surface area contributed by atoms with Gasteiger partial charge in [-0.25, -0.2) is 8.42 Å². The molecular weight excluding hydrogens is 432 g/mol. The lowest BCUT2D eigenvalue weighted by atomic mass is 10.1. The summed E-state index contributed by atoms with van der Waals surface area (Å²) in [4.78, 5) is 13.0. The second-order valence-corrected chi connectivity index (χ2v) is 9.73. The maximum Gasteiger partial charge on any atom is 0.252 e. The van der Waals surface area contributed by atoms with E-state index in [4.69, 9.17) is 14.2 Å². The Balaban J connectivity index is 1.55. The summed E-state index contributed by atoms with van der Waals surface area (Å²) < 4.78 is 44.5. The first-order valence-electron chi connectivity index (χ1n) is 10.8. The van der Waals surface area contributed by atoms with Crippen molar-refractivity contribution in [3.05, 3.63) is 53.1 Å². The third-order valence-electron chi connectivity index (χ3n) is 5.54. The molecule has 0 bridgehead atoms. The van der Waals surface area contributed by atoms with Crippen LogP contribution in [0, 0.1) is 0 Å². The number of hydrogen-bond donors (Lipinski definition) is 1. The monoisotopic (exact) mass is 460 g/mol. The number of carbonyl (C=O) groups is 1. The molecule has 1 amide bonds. The highest BCUT2D eigenvalue weighted by molar-refractivity contribution is 7.89. The fourth-order valence-electron chi connectivity index (χ4n) is 3.99. The number of sulfonamides is 1. The van der Waals surface area contributed by atoms with E-state index in [1.807, 2.05) is 26.0 Å². The molecule has 1 saturated heterocycles. The Morgan fingerprint density at radius 3 is 2.72 bits per heavy atom. The Hall–Kier alpha value is -2.62. The van der Waals surface area contributed by atoms with Crippen molar-refractivity contribution in [2.24, 2.45) is 0 Å². The van der Waals surface area contributed by atoms with Crippen LogP contribution in [0.4, 0.5) is 0 Å². The van der Waals surface area contributed by atoms with Gasteiger partial charge in [0.05, 0.1) is 30.3 Å². The lowest BCUT2D eigenvalue weighted by Gasteiger charge is -2.26. The van der Waals surface area contributed by atoms with Gasteiger partial charge in [-0.05, 0) is 38.1 Å². The molecule has 2 heterocycles. The lowest BCUT2D eigenvalue weighted by molar-refractivity contribution is 0.0730. The average molecular weight is 461 g/mol. The number of ether oxygens (including phenoxy) is 3. The first-order valence-corrected chi connectivity index (χ1v) is 12.2. The van der Waals surface area contributed by atoms with Crippen LogP contribution in [0.3, 0.4) is 0 Å². The number of fused-ring (bicyclic) bond motifs is 1. The van der Waals surface area contributed by atoms with Crippen LogP contribution >= 0.6 is 0 Å². The summed E-state index contributed by atoms with van der Waals surface area (Å²) >= 11 is 0. The number of carbonyl (C=O) groups excluding carboxylic acids is 1. The molecular formula is C23H28N2O6S. The molecule has 0 aromatic heterocycles. The molecule has 1 N–H and O–H groups in total. The van der Waals surface area contributed by atoms with E-state index in [0.29, 0.717) is 25.6 Å². The predicted octanol–water partition coefficient (Wildman–Crippen LogP) is 2.36. The number of morpholine rings is 1. The molecule has 1 unspecified atom stereocenters. The zero-order valence-electron chi connectivity index (χ0n) is 18.3. The van der Waals surface area contributed by atoms with E-state index in [9.17, 15) is 13.2 Å². The zero-order chi connectivity index (χ0) is 22.7. The second kappa shape index (κ2) is 9.48. The Kier molecular flexibility index (Phi) is 6.68. The number of nitrogens with one attached hydrogen (secondary N) is 1. The molecule has 0 radical (unpaired) electrons. The number of hydrogen-bond acceptors (Lipinski definition) is 6. The van der Waals surface area contributed by atoms with Gasteiger partial charge in [0, 0.05) is 37.2 Å². The Morgan fingerprint density at radius 1 is 1.22 bits per heavy atom. The van der Waals surface area contributed by atoms with E-state index in [0.717, 1.165) is 23.3 Å². The quantitative estimate of drug-likeness (QED) is 0.682. The van der Waals surface area contributed by atoms with Gasteiger partial charge < -0.3 is 19.5 Å². The molecule has 2 aliphatic rings. The second-order valence-electron chi connectivity index (χ2n) is 7.83. The van der Waals surface area contributed by atoms with Crippen LogP contribution in [0.25, 0.3) is 0 Å². The van der Waals surface area contributed by atoms with E-state index in [1.165, 1.54) is 16.4 Å². The highest BCUT2D eigenvalue weighted by atomic mass is 32.2. The summed E-state index contributed by atoms with van der Waals surface area (Å²) in [6.45, 7) is 5.81. The Bertz CT molecular complexity index is 1100. The number of rotatable bonds is 7. The summed E-state index contributed by atoms with van der Waals surface area (Å²) in [6.07, 6.45) is 0.913. The normalized spacial score (nSPS) is 18.6. The SMILES string of the molecule is CCOc1cc2c(cc1CNC(=O)c1ccccc1S(=O)(=O)N1CCOCC1)OC(C)C2. The highest BCUT2D eigenvalue weighted by Gasteiger charge is 2.30. The lowest BCUT2D eigenvalue weighted by Crippen LogP contribution is -2.41. The molecule has 1 atom stereocenters. The van der Waals surface area contributed by atoms with Crippen molar-refractivity contribution in [1.82, 2.24) is 9.62 Å². The molecule has 8 nitrogen and oxygen atoms in total. The molecule has 2 aromatic rings. The molecule has 2 aliphatic heterocycles. The molecule has 9 heteroatoms. The average Bonchev–Trinajstić information content (AvgIpc) is 3.16.